The molecule has 1 amide bonds. The van der Waals surface area contributed by atoms with Gasteiger partial charge >= 0.3 is 5.97 Å². The van der Waals surface area contributed by atoms with Crippen LogP contribution in [0.3, 0.4) is 0 Å². The molecule has 0 aliphatic carbocycles. The number of amides is 1. The molecule has 0 fully saturated rings. The van der Waals surface area contributed by atoms with Crippen LogP contribution in [0, 0.1) is 13.8 Å². The van der Waals surface area contributed by atoms with Crippen molar-refractivity contribution in [2.75, 3.05) is 14.1 Å². The number of hydrogen-bond acceptors (Lipinski definition) is 4. The van der Waals surface area contributed by atoms with Gasteiger partial charge in [0.05, 0.1) is 17.8 Å². The fourth-order valence-electron chi connectivity index (χ4n) is 2.55. The Hall–Kier alpha value is -2.63. The molecule has 2 rings (SSSR count). The number of esters is 1. The van der Waals surface area contributed by atoms with Crippen LogP contribution in [0.2, 0.25) is 0 Å². The van der Waals surface area contributed by atoms with Crippen molar-refractivity contribution in [3.63, 3.8) is 0 Å². The van der Waals surface area contributed by atoms with Gasteiger partial charge in [0.15, 0.2) is 6.10 Å². The summed E-state index contributed by atoms with van der Waals surface area (Å²) in [5.74, 6) is -0.673. The molecule has 1 atom stereocenters. The van der Waals surface area contributed by atoms with Crippen molar-refractivity contribution in [1.82, 2.24) is 14.7 Å². The summed E-state index contributed by atoms with van der Waals surface area (Å²) < 4.78 is 7.05. The lowest BCUT2D eigenvalue weighted by Gasteiger charge is -2.17. The minimum atomic E-state index is -0.794. The van der Waals surface area contributed by atoms with E-state index in [1.807, 2.05) is 48.9 Å². The lowest BCUT2D eigenvalue weighted by atomic mass is 10.1. The minimum Gasteiger partial charge on any atom is -0.452 e. The molecule has 0 aliphatic rings. The predicted molar refractivity (Wildman–Crippen MR) is 91.0 cm³/mol. The molecule has 0 N–H and O–H groups in total. The lowest BCUT2D eigenvalue weighted by molar-refractivity contribution is -0.157. The maximum Gasteiger partial charge on any atom is 0.311 e. The molecule has 6 nitrogen and oxygen atoms in total. The summed E-state index contributed by atoms with van der Waals surface area (Å²) in [5.41, 5.74) is 3.43. The number of carbonyl (C=O) groups is 2. The molecule has 6 heteroatoms. The number of para-hydroxylation sites is 1. The van der Waals surface area contributed by atoms with Gasteiger partial charge < -0.3 is 9.64 Å². The first-order chi connectivity index (χ1) is 11.3. The number of aromatic nitrogens is 2. The Morgan fingerprint density at radius 2 is 1.83 bits per heavy atom. The van der Waals surface area contributed by atoms with Gasteiger partial charge in [-0.25, -0.2) is 4.68 Å². The van der Waals surface area contributed by atoms with Crippen LogP contribution >= 0.6 is 0 Å². The van der Waals surface area contributed by atoms with E-state index in [4.69, 9.17) is 4.74 Å². The van der Waals surface area contributed by atoms with Crippen LogP contribution in [-0.4, -0.2) is 46.8 Å². The van der Waals surface area contributed by atoms with Crippen molar-refractivity contribution in [3.8, 4) is 5.69 Å². The highest BCUT2D eigenvalue weighted by atomic mass is 16.5. The Morgan fingerprint density at radius 3 is 2.42 bits per heavy atom. The fraction of sp³-hybridized carbons (Fsp3) is 0.389. The van der Waals surface area contributed by atoms with Gasteiger partial charge in [0.1, 0.15) is 0 Å². The molecule has 0 radical (unpaired) electrons. The van der Waals surface area contributed by atoms with Crippen molar-refractivity contribution in [3.05, 3.63) is 47.3 Å². The first kappa shape index (κ1) is 17.7. The molecular formula is C18H23N3O3. The maximum atomic E-state index is 12.2. The highest BCUT2D eigenvalue weighted by molar-refractivity contribution is 5.83. The third kappa shape index (κ3) is 3.82. The fourth-order valence-corrected chi connectivity index (χ4v) is 2.55. The van der Waals surface area contributed by atoms with Crippen LogP contribution in [0.1, 0.15) is 23.9 Å². The standard InChI is InChI=1S/C18H23N3O3/c1-12-16(11-17(22)24-14(3)18(23)20(4)5)13(2)21(19-12)15-9-7-6-8-10-15/h6-10,14H,11H2,1-5H3/t14-/m0/s1. The van der Waals surface area contributed by atoms with Gasteiger partial charge in [-0.15, -0.1) is 0 Å². The number of ether oxygens (including phenoxy) is 1. The molecule has 1 aromatic heterocycles. The van der Waals surface area contributed by atoms with E-state index < -0.39 is 12.1 Å². The second-order valence-electron chi connectivity index (χ2n) is 5.94. The average molecular weight is 329 g/mol. The smallest absolute Gasteiger partial charge is 0.311 e. The molecule has 0 unspecified atom stereocenters. The maximum absolute atomic E-state index is 12.2. The van der Waals surface area contributed by atoms with Crippen LogP contribution in [-0.2, 0) is 20.7 Å². The molecular weight excluding hydrogens is 306 g/mol. The molecule has 1 aromatic carbocycles. The highest BCUT2D eigenvalue weighted by Gasteiger charge is 2.22. The topological polar surface area (TPSA) is 64.4 Å². The summed E-state index contributed by atoms with van der Waals surface area (Å²) in [5, 5.41) is 4.51. The average Bonchev–Trinajstić information content (AvgIpc) is 2.82. The third-order valence-electron chi connectivity index (χ3n) is 3.86. The molecule has 0 saturated heterocycles. The Bertz CT molecular complexity index is 735. The van der Waals surface area contributed by atoms with Crippen molar-refractivity contribution in [1.29, 1.82) is 0 Å². The van der Waals surface area contributed by atoms with E-state index in [9.17, 15) is 9.59 Å². The number of hydrogen-bond donors (Lipinski definition) is 0. The Balaban J connectivity index is 2.15. The second kappa shape index (κ2) is 7.29. The Kier molecular flexibility index (Phi) is 5.39. The van der Waals surface area contributed by atoms with E-state index in [1.54, 1.807) is 21.0 Å². The van der Waals surface area contributed by atoms with E-state index in [-0.39, 0.29) is 12.3 Å². The van der Waals surface area contributed by atoms with E-state index >= 15 is 0 Å². The first-order valence-corrected chi connectivity index (χ1v) is 7.82. The van der Waals surface area contributed by atoms with Crippen molar-refractivity contribution >= 4 is 11.9 Å². The quantitative estimate of drug-likeness (QED) is 0.788. The Labute approximate surface area is 142 Å². The zero-order valence-electron chi connectivity index (χ0n) is 14.7. The minimum absolute atomic E-state index is 0.0928. The van der Waals surface area contributed by atoms with Gasteiger partial charge in [0, 0.05) is 25.4 Å². The molecule has 0 spiro atoms. The van der Waals surface area contributed by atoms with Gasteiger partial charge in [-0.05, 0) is 32.9 Å². The van der Waals surface area contributed by atoms with Crippen LogP contribution in [0.4, 0.5) is 0 Å². The lowest BCUT2D eigenvalue weighted by Crippen LogP contribution is -2.35. The zero-order chi connectivity index (χ0) is 17.9. The molecule has 1 heterocycles. The molecule has 0 saturated carbocycles. The number of rotatable bonds is 5. The summed E-state index contributed by atoms with van der Waals surface area (Å²) in [6.45, 7) is 5.36. The summed E-state index contributed by atoms with van der Waals surface area (Å²) in [6.07, 6.45) is -0.701. The van der Waals surface area contributed by atoms with Gasteiger partial charge in [0.25, 0.3) is 5.91 Å². The Morgan fingerprint density at radius 1 is 1.21 bits per heavy atom. The highest BCUT2D eigenvalue weighted by Crippen LogP contribution is 2.19. The number of carbonyl (C=O) groups excluding carboxylic acids is 2. The van der Waals surface area contributed by atoms with E-state index in [0.717, 1.165) is 22.6 Å². The zero-order valence-corrected chi connectivity index (χ0v) is 14.7. The van der Waals surface area contributed by atoms with Gasteiger partial charge in [-0.3, -0.25) is 9.59 Å². The largest absolute Gasteiger partial charge is 0.452 e. The molecule has 128 valence electrons. The summed E-state index contributed by atoms with van der Waals surface area (Å²) in [6, 6.07) is 9.73. The van der Waals surface area contributed by atoms with E-state index in [1.165, 1.54) is 4.90 Å². The number of nitrogens with zero attached hydrogens (tertiary/aromatic N) is 3. The predicted octanol–water partition coefficient (Wildman–Crippen LogP) is 2.05. The number of aryl methyl sites for hydroxylation is 1. The normalized spacial score (nSPS) is 11.9. The first-order valence-electron chi connectivity index (χ1n) is 7.82. The second-order valence-corrected chi connectivity index (χ2v) is 5.94. The van der Waals surface area contributed by atoms with E-state index in [2.05, 4.69) is 5.10 Å². The molecule has 2 aromatic rings. The van der Waals surface area contributed by atoms with Crippen molar-refractivity contribution < 1.29 is 14.3 Å². The van der Waals surface area contributed by atoms with Crippen LogP contribution < -0.4 is 0 Å². The van der Waals surface area contributed by atoms with Gasteiger partial charge in [-0.2, -0.15) is 5.10 Å². The number of benzene rings is 1. The van der Waals surface area contributed by atoms with Gasteiger partial charge in [-0.1, -0.05) is 18.2 Å². The molecule has 24 heavy (non-hydrogen) atoms. The monoisotopic (exact) mass is 329 g/mol. The third-order valence-corrected chi connectivity index (χ3v) is 3.86. The summed E-state index contributed by atoms with van der Waals surface area (Å²) in [4.78, 5) is 25.4. The van der Waals surface area contributed by atoms with Crippen LogP contribution in [0.5, 0.6) is 0 Å². The summed E-state index contributed by atoms with van der Waals surface area (Å²) >= 11 is 0. The van der Waals surface area contributed by atoms with Crippen molar-refractivity contribution in [2.24, 2.45) is 0 Å². The SMILES string of the molecule is Cc1nn(-c2ccccc2)c(C)c1CC(=O)O[C@@H](C)C(=O)N(C)C. The summed E-state index contributed by atoms with van der Waals surface area (Å²) in [7, 11) is 3.26. The van der Waals surface area contributed by atoms with Crippen LogP contribution in [0.25, 0.3) is 5.69 Å². The molecule has 0 bridgehead atoms. The number of likely N-dealkylation sites (N-methyl/N-ethyl adjacent to an activating group) is 1. The van der Waals surface area contributed by atoms with Gasteiger partial charge in [0.2, 0.25) is 0 Å². The van der Waals surface area contributed by atoms with E-state index in [0.29, 0.717) is 0 Å². The van der Waals surface area contributed by atoms with Crippen LogP contribution in [0.15, 0.2) is 30.3 Å². The molecule has 0 aliphatic heterocycles. The van der Waals surface area contributed by atoms with Crippen molar-refractivity contribution in [2.45, 2.75) is 33.3 Å².